The number of benzene rings is 1. The molecule has 0 aliphatic carbocycles. The summed E-state index contributed by atoms with van der Waals surface area (Å²) in [6, 6.07) is 6.95. The minimum Gasteiger partial charge on any atom is -0.481 e. The van der Waals surface area contributed by atoms with Gasteiger partial charge in [0.25, 0.3) is 5.91 Å². The summed E-state index contributed by atoms with van der Waals surface area (Å²) in [5, 5.41) is 3.21. The van der Waals surface area contributed by atoms with Crippen LogP contribution in [0.2, 0.25) is 5.02 Å². The lowest BCUT2D eigenvalue weighted by Crippen LogP contribution is -2.35. The largest absolute Gasteiger partial charge is 0.481 e. The molecule has 0 saturated heterocycles. The van der Waals surface area contributed by atoms with Crippen LogP contribution in [-0.4, -0.2) is 19.1 Å². The Labute approximate surface area is 94.4 Å². The minimum atomic E-state index is -0.448. The van der Waals surface area contributed by atoms with Crippen LogP contribution in [0.5, 0.6) is 5.75 Å². The van der Waals surface area contributed by atoms with Crippen LogP contribution in [0.15, 0.2) is 24.3 Å². The number of nitrogens with one attached hydrogen (secondary N) is 1. The Kier molecular flexibility index (Phi) is 4.43. The number of carbonyl (C=O) groups excluding carboxylic acids is 1. The van der Waals surface area contributed by atoms with E-state index in [4.69, 9.17) is 16.3 Å². The van der Waals surface area contributed by atoms with Crippen LogP contribution < -0.4 is 10.1 Å². The molecule has 1 N–H and O–H groups in total. The first-order valence-electron chi connectivity index (χ1n) is 4.81. The molecule has 1 atom stereocenters. The Morgan fingerprint density at radius 3 is 2.53 bits per heavy atom. The fourth-order valence-corrected chi connectivity index (χ4v) is 1.29. The second-order valence-corrected chi connectivity index (χ2v) is 3.52. The molecule has 0 heterocycles. The molecule has 0 aliphatic heterocycles. The van der Waals surface area contributed by atoms with Crippen molar-refractivity contribution in [2.24, 2.45) is 0 Å². The lowest BCUT2D eigenvalue weighted by molar-refractivity contribution is -0.127. The van der Waals surface area contributed by atoms with Gasteiger partial charge in [0.1, 0.15) is 5.75 Å². The maximum absolute atomic E-state index is 11.4. The monoisotopic (exact) mass is 227 g/mol. The molecule has 3 nitrogen and oxygen atoms in total. The van der Waals surface area contributed by atoms with Crippen LogP contribution in [0, 0.1) is 0 Å². The third-order valence-corrected chi connectivity index (χ3v) is 2.25. The first-order chi connectivity index (χ1) is 7.17. The predicted molar refractivity (Wildman–Crippen MR) is 60.2 cm³/mol. The van der Waals surface area contributed by atoms with Gasteiger partial charge in [-0.25, -0.2) is 0 Å². The molecule has 82 valence electrons. The number of hydrogen-bond acceptors (Lipinski definition) is 2. The van der Waals surface area contributed by atoms with E-state index in [1.54, 1.807) is 31.3 Å². The topological polar surface area (TPSA) is 38.3 Å². The third-order valence-electron chi connectivity index (χ3n) is 2.00. The summed E-state index contributed by atoms with van der Waals surface area (Å²) < 4.78 is 5.50. The van der Waals surface area contributed by atoms with Crippen LogP contribution in [0.3, 0.4) is 0 Å². The predicted octanol–water partition coefficient (Wildman–Crippen LogP) is 2.24. The molecule has 0 saturated carbocycles. The van der Waals surface area contributed by atoms with Gasteiger partial charge in [-0.1, -0.05) is 18.5 Å². The van der Waals surface area contributed by atoms with Crippen molar-refractivity contribution in [3.8, 4) is 5.75 Å². The van der Waals surface area contributed by atoms with Crippen molar-refractivity contribution < 1.29 is 9.53 Å². The summed E-state index contributed by atoms with van der Waals surface area (Å²) in [6.07, 6.45) is 0.179. The maximum atomic E-state index is 11.4. The van der Waals surface area contributed by atoms with Crippen LogP contribution in [0.4, 0.5) is 0 Å². The molecule has 15 heavy (non-hydrogen) atoms. The Hall–Kier alpha value is -1.22. The zero-order chi connectivity index (χ0) is 11.3. The summed E-state index contributed by atoms with van der Waals surface area (Å²) >= 11 is 5.74. The Morgan fingerprint density at radius 1 is 1.47 bits per heavy atom. The molecule has 0 radical (unpaired) electrons. The highest BCUT2D eigenvalue weighted by molar-refractivity contribution is 6.30. The number of halogens is 1. The van der Waals surface area contributed by atoms with Gasteiger partial charge in [-0.2, -0.15) is 0 Å². The van der Waals surface area contributed by atoms with Crippen molar-refractivity contribution >= 4 is 17.5 Å². The molecule has 1 aromatic carbocycles. The fourth-order valence-electron chi connectivity index (χ4n) is 1.16. The molecule has 1 amide bonds. The van der Waals surface area contributed by atoms with E-state index >= 15 is 0 Å². The summed E-state index contributed by atoms with van der Waals surface area (Å²) in [7, 11) is 1.59. The van der Waals surface area contributed by atoms with Gasteiger partial charge in [0, 0.05) is 12.1 Å². The molecule has 4 heteroatoms. The van der Waals surface area contributed by atoms with E-state index < -0.39 is 6.10 Å². The first kappa shape index (κ1) is 11.9. The molecule has 0 fully saturated rings. The number of likely N-dealkylation sites (N-methyl/N-ethyl adjacent to an activating group) is 1. The van der Waals surface area contributed by atoms with E-state index in [2.05, 4.69) is 5.32 Å². The SMILES string of the molecule is CC[C@@H](Oc1ccc(Cl)cc1)C(=O)NC. The standard InChI is InChI=1S/C11H14ClNO2/c1-3-10(11(14)13-2)15-9-6-4-8(12)5-7-9/h4-7,10H,3H2,1-2H3,(H,13,14)/t10-/m1/s1. The van der Waals surface area contributed by atoms with Gasteiger partial charge < -0.3 is 10.1 Å². The lowest BCUT2D eigenvalue weighted by atomic mass is 10.2. The molecular formula is C11H14ClNO2. The number of ether oxygens (including phenoxy) is 1. The summed E-state index contributed by atoms with van der Waals surface area (Å²) in [5.41, 5.74) is 0. The van der Waals surface area contributed by atoms with Gasteiger partial charge >= 0.3 is 0 Å². The second-order valence-electron chi connectivity index (χ2n) is 3.08. The van der Waals surface area contributed by atoms with Crippen molar-refractivity contribution in [1.82, 2.24) is 5.32 Å². The van der Waals surface area contributed by atoms with Gasteiger partial charge in [-0.05, 0) is 30.7 Å². The molecule has 1 aromatic rings. The summed E-state index contributed by atoms with van der Waals surface area (Å²) in [6.45, 7) is 1.90. The molecule has 0 aliphatic rings. The van der Waals surface area contributed by atoms with Crippen molar-refractivity contribution in [3.63, 3.8) is 0 Å². The smallest absolute Gasteiger partial charge is 0.260 e. The van der Waals surface area contributed by atoms with Gasteiger partial charge in [0.2, 0.25) is 0 Å². The van der Waals surface area contributed by atoms with Crippen LogP contribution in [-0.2, 0) is 4.79 Å². The lowest BCUT2D eigenvalue weighted by Gasteiger charge is -2.15. The average Bonchev–Trinajstić information content (AvgIpc) is 2.27. The van der Waals surface area contributed by atoms with Crippen LogP contribution >= 0.6 is 11.6 Å². The van der Waals surface area contributed by atoms with E-state index in [1.807, 2.05) is 6.92 Å². The van der Waals surface area contributed by atoms with E-state index in [-0.39, 0.29) is 5.91 Å². The molecular weight excluding hydrogens is 214 g/mol. The highest BCUT2D eigenvalue weighted by Gasteiger charge is 2.16. The highest BCUT2D eigenvalue weighted by Crippen LogP contribution is 2.17. The number of amides is 1. The van der Waals surface area contributed by atoms with E-state index in [0.717, 1.165) is 0 Å². The fraction of sp³-hybridized carbons (Fsp3) is 0.364. The maximum Gasteiger partial charge on any atom is 0.260 e. The zero-order valence-corrected chi connectivity index (χ0v) is 9.54. The van der Waals surface area contributed by atoms with E-state index in [0.29, 0.717) is 17.2 Å². The quantitative estimate of drug-likeness (QED) is 0.857. The molecule has 0 bridgehead atoms. The van der Waals surface area contributed by atoms with Gasteiger partial charge in [-0.15, -0.1) is 0 Å². The number of rotatable bonds is 4. The van der Waals surface area contributed by atoms with Crippen LogP contribution in [0.1, 0.15) is 13.3 Å². The molecule has 0 spiro atoms. The van der Waals surface area contributed by atoms with Crippen molar-refractivity contribution in [3.05, 3.63) is 29.3 Å². The Bertz CT molecular complexity index is 324. The summed E-state index contributed by atoms with van der Waals surface area (Å²) in [4.78, 5) is 11.4. The van der Waals surface area contributed by atoms with Crippen LogP contribution in [0.25, 0.3) is 0 Å². The zero-order valence-electron chi connectivity index (χ0n) is 8.79. The molecule has 0 unspecified atom stereocenters. The number of carbonyl (C=O) groups is 1. The number of hydrogen-bond donors (Lipinski definition) is 1. The third kappa shape index (κ3) is 3.44. The van der Waals surface area contributed by atoms with Crippen molar-refractivity contribution in [2.45, 2.75) is 19.4 Å². The molecule has 0 aromatic heterocycles. The van der Waals surface area contributed by atoms with Gasteiger partial charge in [0.15, 0.2) is 6.10 Å². The second kappa shape index (κ2) is 5.61. The Balaban J connectivity index is 2.66. The minimum absolute atomic E-state index is 0.118. The first-order valence-corrected chi connectivity index (χ1v) is 5.19. The van der Waals surface area contributed by atoms with Crippen molar-refractivity contribution in [1.29, 1.82) is 0 Å². The van der Waals surface area contributed by atoms with Gasteiger partial charge in [-0.3, -0.25) is 4.79 Å². The Morgan fingerprint density at radius 2 is 2.07 bits per heavy atom. The van der Waals surface area contributed by atoms with Crippen molar-refractivity contribution in [2.75, 3.05) is 7.05 Å². The van der Waals surface area contributed by atoms with Gasteiger partial charge in [0.05, 0.1) is 0 Å². The highest BCUT2D eigenvalue weighted by atomic mass is 35.5. The normalized spacial score (nSPS) is 11.9. The van der Waals surface area contributed by atoms with E-state index in [9.17, 15) is 4.79 Å². The van der Waals surface area contributed by atoms with E-state index in [1.165, 1.54) is 0 Å². The molecule has 1 rings (SSSR count). The summed E-state index contributed by atoms with van der Waals surface area (Å²) in [5.74, 6) is 0.530. The average molecular weight is 228 g/mol.